The summed E-state index contributed by atoms with van der Waals surface area (Å²) >= 11 is 0. The molecule has 0 aliphatic carbocycles. The summed E-state index contributed by atoms with van der Waals surface area (Å²) in [6.45, 7) is 3.60. The number of hydrogen-bond acceptors (Lipinski definition) is 3. The minimum atomic E-state index is 0.810. The Labute approximate surface area is 168 Å². The molecule has 0 aromatic heterocycles. The normalized spacial score (nSPS) is 12.7. The Morgan fingerprint density at radius 3 is 2.11 bits per heavy atom. The molecule has 0 atom stereocenters. The zero-order valence-corrected chi connectivity index (χ0v) is 16.8. The lowest BCUT2D eigenvalue weighted by molar-refractivity contribution is 0.247. The summed E-state index contributed by atoms with van der Waals surface area (Å²) in [6, 6.07) is 26.3. The van der Waals surface area contributed by atoms with Crippen LogP contribution in [-0.2, 0) is 26.1 Å². The van der Waals surface area contributed by atoms with E-state index < -0.39 is 0 Å². The van der Waals surface area contributed by atoms with Crippen LogP contribution in [-0.4, -0.2) is 25.6 Å². The van der Waals surface area contributed by atoms with E-state index in [2.05, 4.69) is 96.7 Å². The van der Waals surface area contributed by atoms with Crippen molar-refractivity contribution in [3.8, 4) is 5.75 Å². The highest BCUT2D eigenvalue weighted by Gasteiger charge is 2.14. The van der Waals surface area contributed by atoms with Crippen LogP contribution >= 0.6 is 0 Å². The van der Waals surface area contributed by atoms with E-state index in [1.54, 1.807) is 0 Å². The highest BCUT2D eigenvalue weighted by molar-refractivity contribution is 5.46. The maximum atomic E-state index is 5.66. The van der Waals surface area contributed by atoms with E-state index in [0.29, 0.717) is 0 Å². The number of anilines is 1. The van der Waals surface area contributed by atoms with Crippen molar-refractivity contribution in [2.75, 3.05) is 25.6 Å². The zero-order valence-electron chi connectivity index (χ0n) is 16.8. The fourth-order valence-corrected chi connectivity index (χ4v) is 3.76. The number of benzene rings is 3. The van der Waals surface area contributed by atoms with Gasteiger partial charge in [0.1, 0.15) is 5.75 Å². The van der Waals surface area contributed by atoms with Gasteiger partial charge in [-0.1, -0.05) is 54.6 Å². The van der Waals surface area contributed by atoms with Crippen LogP contribution in [0.2, 0.25) is 0 Å². The molecular formula is C25H28N2O. The monoisotopic (exact) mass is 372 g/mol. The first kappa shape index (κ1) is 18.6. The fraction of sp³-hybridized carbons (Fsp3) is 0.280. The van der Waals surface area contributed by atoms with E-state index in [-0.39, 0.29) is 0 Å². The molecule has 144 valence electrons. The zero-order chi connectivity index (χ0) is 19.3. The summed E-state index contributed by atoms with van der Waals surface area (Å²) in [5.74, 6) is 1.05. The van der Waals surface area contributed by atoms with Crippen molar-refractivity contribution in [3.63, 3.8) is 0 Å². The molecule has 0 N–H and O–H groups in total. The van der Waals surface area contributed by atoms with Crippen LogP contribution in [0.15, 0.2) is 72.8 Å². The second kappa shape index (κ2) is 8.49. The standard InChI is InChI=1S/C25H28N2O/c1-26(2)24-11-8-21(9-12-24)18-27(17-20-6-4-3-5-7-20)19-22-10-13-25-23(16-22)14-15-28-25/h3-13,16H,14-15,17-19H2,1-2H3. The summed E-state index contributed by atoms with van der Waals surface area (Å²) in [4.78, 5) is 4.65. The Bertz CT molecular complexity index is 904. The Balaban J connectivity index is 1.53. The summed E-state index contributed by atoms with van der Waals surface area (Å²) < 4.78 is 5.66. The van der Waals surface area contributed by atoms with E-state index in [1.165, 1.54) is 27.9 Å². The van der Waals surface area contributed by atoms with Crippen LogP contribution in [0.25, 0.3) is 0 Å². The third-order valence-corrected chi connectivity index (χ3v) is 5.27. The van der Waals surface area contributed by atoms with Gasteiger partial charge in [0.2, 0.25) is 0 Å². The Hall–Kier alpha value is -2.78. The highest BCUT2D eigenvalue weighted by Crippen LogP contribution is 2.27. The Morgan fingerprint density at radius 2 is 1.39 bits per heavy atom. The summed E-state index contributed by atoms with van der Waals surface area (Å²) in [5.41, 5.74) is 6.61. The van der Waals surface area contributed by atoms with Gasteiger partial charge in [0.25, 0.3) is 0 Å². The van der Waals surface area contributed by atoms with Gasteiger partial charge in [0.15, 0.2) is 0 Å². The molecular weight excluding hydrogens is 344 g/mol. The molecule has 0 amide bonds. The third kappa shape index (κ3) is 4.55. The van der Waals surface area contributed by atoms with E-state index in [9.17, 15) is 0 Å². The fourth-order valence-electron chi connectivity index (χ4n) is 3.76. The second-order valence-electron chi connectivity index (χ2n) is 7.73. The van der Waals surface area contributed by atoms with E-state index >= 15 is 0 Å². The van der Waals surface area contributed by atoms with Gasteiger partial charge in [-0.2, -0.15) is 0 Å². The van der Waals surface area contributed by atoms with E-state index in [0.717, 1.165) is 38.4 Å². The number of fused-ring (bicyclic) bond motifs is 1. The molecule has 0 radical (unpaired) electrons. The van der Waals surface area contributed by atoms with Crippen LogP contribution in [0.1, 0.15) is 22.3 Å². The molecule has 1 aliphatic heterocycles. The molecule has 28 heavy (non-hydrogen) atoms. The lowest BCUT2D eigenvalue weighted by Gasteiger charge is -2.23. The van der Waals surface area contributed by atoms with Crippen molar-refractivity contribution >= 4 is 5.69 Å². The van der Waals surface area contributed by atoms with Gasteiger partial charge < -0.3 is 9.64 Å². The molecule has 0 saturated carbocycles. The molecule has 0 fully saturated rings. The quantitative estimate of drug-likeness (QED) is 0.587. The maximum Gasteiger partial charge on any atom is 0.122 e. The molecule has 0 saturated heterocycles. The van der Waals surface area contributed by atoms with Crippen molar-refractivity contribution in [2.24, 2.45) is 0 Å². The second-order valence-corrected chi connectivity index (χ2v) is 7.73. The molecule has 0 spiro atoms. The molecule has 1 aliphatic rings. The van der Waals surface area contributed by atoms with Crippen molar-refractivity contribution in [1.82, 2.24) is 4.90 Å². The molecule has 3 aromatic rings. The minimum Gasteiger partial charge on any atom is -0.493 e. The van der Waals surface area contributed by atoms with Crippen molar-refractivity contribution in [1.29, 1.82) is 0 Å². The number of rotatable bonds is 7. The number of ether oxygens (including phenoxy) is 1. The lowest BCUT2D eigenvalue weighted by Crippen LogP contribution is -2.22. The van der Waals surface area contributed by atoms with Gasteiger partial charge in [-0.25, -0.2) is 0 Å². The van der Waals surface area contributed by atoms with Crippen LogP contribution in [0, 0.1) is 0 Å². The molecule has 4 rings (SSSR count). The first-order chi connectivity index (χ1) is 13.7. The minimum absolute atomic E-state index is 0.810. The predicted molar refractivity (Wildman–Crippen MR) is 116 cm³/mol. The summed E-state index contributed by atoms with van der Waals surface area (Å²) in [6.07, 6.45) is 1.02. The summed E-state index contributed by atoms with van der Waals surface area (Å²) in [5, 5.41) is 0. The summed E-state index contributed by atoms with van der Waals surface area (Å²) in [7, 11) is 4.16. The Morgan fingerprint density at radius 1 is 0.750 bits per heavy atom. The highest BCUT2D eigenvalue weighted by atomic mass is 16.5. The third-order valence-electron chi connectivity index (χ3n) is 5.27. The van der Waals surface area contributed by atoms with E-state index in [4.69, 9.17) is 4.74 Å². The first-order valence-electron chi connectivity index (χ1n) is 9.94. The van der Waals surface area contributed by atoms with Gasteiger partial charge in [0, 0.05) is 45.8 Å². The van der Waals surface area contributed by atoms with Crippen molar-refractivity contribution in [3.05, 3.63) is 95.1 Å². The molecule has 3 aromatic carbocycles. The molecule has 3 nitrogen and oxygen atoms in total. The molecule has 0 bridgehead atoms. The van der Waals surface area contributed by atoms with Crippen LogP contribution in [0.5, 0.6) is 5.75 Å². The average molecular weight is 373 g/mol. The van der Waals surface area contributed by atoms with Crippen molar-refractivity contribution < 1.29 is 4.74 Å². The number of nitrogens with zero attached hydrogens (tertiary/aromatic N) is 2. The van der Waals surface area contributed by atoms with Crippen molar-refractivity contribution in [2.45, 2.75) is 26.1 Å². The first-order valence-corrected chi connectivity index (χ1v) is 9.94. The van der Waals surface area contributed by atoms with Crippen LogP contribution in [0.4, 0.5) is 5.69 Å². The van der Waals surface area contributed by atoms with Gasteiger partial charge in [-0.15, -0.1) is 0 Å². The molecule has 0 unspecified atom stereocenters. The van der Waals surface area contributed by atoms with Crippen LogP contribution in [0.3, 0.4) is 0 Å². The van der Waals surface area contributed by atoms with Gasteiger partial charge >= 0.3 is 0 Å². The average Bonchev–Trinajstić information content (AvgIpc) is 3.17. The lowest BCUT2D eigenvalue weighted by atomic mass is 10.1. The van der Waals surface area contributed by atoms with Crippen LogP contribution < -0.4 is 9.64 Å². The maximum absolute atomic E-state index is 5.66. The largest absolute Gasteiger partial charge is 0.493 e. The van der Waals surface area contributed by atoms with Gasteiger partial charge in [0.05, 0.1) is 6.61 Å². The van der Waals surface area contributed by atoms with Gasteiger partial charge in [-0.3, -0.25) is 4.90 Å². The Kier molecular flexibility index (Phi) is 5.63. The smallest absolute Gasteiger partial charge is 0.122 e. The SMILES string of the molecule is CN(C)c1ccc(CN(Cc2ccccc2)Cc2ccc3c(c2)CCO3)cc1. The number of hydrogen-bond donors (Lipinski definition) is 0. The van der Waals surface area contributed by atoms with Gasteiger partial charge in [-0.05, 0) is 40.5 Å². The molecule has 3 heteroatoms. The van der Waals surface area contributed by atoms with E-state index in [1.807, 2.05) is 0 Å². The topological polar surface area (TPSA) is 15.7 Å². The predicted octanol–water partition coefficient (Wildman–Crippen LogP) is 4.89. The molecule has 1 heterocycles.